The maximum absolute atomic E-state index is 12.9. The number of ether oxygens (including phenoxy) is 1. The summed E-state index contributed by atoms with van der Waals surface area (Å²) >= 11 is 0. The van der Waals surface area contributed by atoms with E-state index < -0.39 is 0 Å². The van der Waals surface area contributed by atoms with E-state index in [0.29, 0.717) is 11.8 Å². The van der Waals surface area contributed by atoms with Gasteiger partial charge in [0.15, 0.2) is 0 Å². The summed E-state index contributed by atoms with van der Waals surface area (Å²) in [6, 6.07) is 10.1. The summed E-state index contributed by atoms with van der Waals surface area (Å²) in [5, 5.41) is 0. The van der Waals surface area contributed by atoms with Crippen molar-refractivity contribution in [3.05, 3.63) is 53.6 Å². The molecule has 1 aromatic heterocycles. The highest BCUT2D eigenvalue weighted by Crippen LogP contribution is 2.29. The number of rotatable bonds is 5. The molecule has 0 saturated carbocycles. The summed E-state index contributed by atoms with van der Waals surface area (Å²) in [6.45, 7) is 8.62. The van der Waals surface area contributed by atoms with Gasteiger partial charge in [-0.3, -0.25) is 4.79 Å². The molecule has 1 aromatic carbocycles. The number of imidazole rings is 1. The van der Waals surface area contributed by atoms with Crippen molar-refractivity contribution >= 4 is 5.91 Å². The van der Waals surface area contributed by atoms with Crippen LogP contribution in [0.4, 0.5) is 0 Å². The Balaban J connectivity index is 1.35. The van der Waals surface area contributed by atoms with E-state index in [0.717, 1.165) is 64.1 Å². The SMILES string of the molecule is Cc1cnc(C2CCOCC2)n1CC1CCN(C(=O)C(C)c2ccccc2)CC1. The molecular formula is C24H33N3O2. The molecule has 29 heavy (non-hydrogen) atoms. The number of aromatic nitrogens is 2. The molecule has 2 aromatic rings. The number of piperidine rings is 1. The fourth-order valence-electron chi connectivity index (χ4n) is 4.75. The van der Waals surface area contributed by atoms with Crippen LogP contribution in [0.15, 0.2) is 36.5 Å². The minimum Gasteiger partial charge on any atom is -0.381 e. The molecule has 0 N–H and O–H groups in total. The van der Waals surface area contributed by atoms with E-state index in [1.54, 1.807) is 0 Å². The van der Waals surface area contributed by atoms with Gasteiger partial charge < -0.3 is 14.2 Å². The first-order valence-corrected chi connectivity index (χ1v) is 11.1. The molecule has 2 saturated heterocycles. The predicted octanol–water partition coefficient (Wildman–Crippen LogP) is 4.13. The van der Waals surface area contributed by atoms with Gasteiger partial charge in [0.1, 0.15) is 5.82 Å². The number of nitrogens with zero attached hydrogens (tertiary/aromatic N) is 3. The molecule has 2 aliphatic rings. The van der Waals surface area contributed by atoms with Crippen molar-refractivity contribution < 1.29 is 9.53 Å². The van der Waals surface area contributed by atoms with E-state index in [2.05, 4.69) is 28.5 Å². The molecule has 2 aliphatic heterocycles. The van der Waals surface area contributed by atoms with Gasteiger partial charge in [0, 0.05) is 50.7 Å². The fourth-order valence-corrected chi connectivity index (χ4v) is 4.75. The van der Waals surface area contributed by atoms with Crippen LogP contribution in [0, 0.1) is 12.8 Å². The third kappa shape index (κ3) is 4.55. The smallest absolute Gasteiger partial charge is 0.229 e. The molecule has 4 rings (SSSR count). The lowest BCUT2D eigenvalue weighted by Crippen LogP contribution is -2.41. The second-order valence-corrected chi connectivity index (χ2v) is 8.66. The van der Waals surface area contributed by atoms with Crippen molar-refractivity contribution in [3.63, 3.8) is 0 Å². The number of hydrogen-bond acceptors (Lipinski definition) is 3. The Bertz CT molecular complexity index is 803. The zero-order chi connectivity index (χ0) is 20.2. The molecule has 0 radical (unpaired) electrons. The van der Waals surface area contributed by atoms with Gasteiger partial charge in [-0.2, -0.15) is 0 Å². The van der Waals surface area contributed by atoms with Crippen LogP contribution >= 0.6 is 0 Å². The Morgan fingerprint density at radius 3 is 2.52 bits per heavy atom. The lowest BCUT2D eigenvalue weighted by atomic mass is 9.93. The topological polar surface area (TPSA) is 47.4 Å². The first-order chi connectivity index (χ1) is 14.1. The maximum atomic E-state index is 12.9. The highest BCUT2D eigenvalue weighted by atomic mass is 16.5. The molecule has 1 amide bonds. The Labute approximate surface area is 174 Å². The molecular weight excluding hydrogens is 362 g/mol. The van der Waals surface area contributed by atoms with Crippen LogP contribution < -0.4 is 0 Å². The Kier molecular flexibility index (Phi) is 6.34. The van der Waals surface area contributed by atoms with Crippen LogP contribution in [0.2, 0.25) is 0 Å². The minimum absolute atomic E-state index is 0.0660. The van der Waals surface area contributed by atoms with Crippen molar-refractivity contribution in [2.24, 2.45) is 5.92 Å². The van der Waals surface area contributed by atoms with Gasteiger partial charge in [0.25, 0.3) is 0 Å². The molecule has 1 unspecified atom stereocenters. The van der Waals surface area contributed by atoms with Crippen molar-refractivity contribution in [2.75, 3.05) is 26.3 Å². The summed E-state index contributed by atoms with van der Waals surface area (Å²) in [5.74, 6) is 2.56. The Morgan fingerprint density at radius 1 is 1.14 bits per heavy atom. The van der Waals surface area contributed by atoms with Gasteiger partial charge >= 0.3 is 0 Å². The van der Waals surface area contributed by atoms with E-state index in [1.165, 1.54) is 11.5 Å². The molecule has 156 valence electrons. The number of hydrogen-bond donors (Lipinski definition) is 0. The minimum atomic E-state index is -0.0660. The first kappa shape index (κ1) is 20.1. The van der Waals surface area contributed by atoms with E-state index in [9.17, 15) is 4.79 Å². The average Bonchev–Trinajstić information content (AvgIpc) is 3.14. The fraction of sp³-hybridized carbons (Fsp3) is 0.583. The number of benzene rings is 1. The first-order valence-electron chi connectivity index (χ1n) is 11.1. The van der Waals surface area contributed by atoms with Gasteiger partial charge in [-0.15, -0.1) is 0 Å². The molecule has 0 bridgehead atoms. The van der Waals surface area contributed by atoms with Crippen molar-refractivity contribution in [1.29, 1.82) is 0 Å². The second-order valence-electron chi connectivity index (χ2n) is 8.66. The highest BCUT2D eigenvalue weighted by Gasteiger charge is 2.28. The van der Waals surface area contributed by atoms with Gasteiger partial charge in [0.2, 0.25) is 5.91 Å². The van der Waals surface area contributed by atoms with Crippen LogP contribution in [0.1, 0.15) is 61.5 Å². The summed E-state index contributed by atoms with van der Waals surface area (Å²) in [5.41, 5.74) is 2.36. The van der Waals surface area contributed by atoms with E-state index >= 15 is 0 Å². The molecule has 1 atom stereocenters. The van der Waals surface area contributed by atoms with Crippen LogP contribution in [0.5, 0.6) is 0 Å². The summed E-state index contributed by atoms with van der Waals surface area (Å²) in [4.78, 5) is 19.7. The largest absolute Gasteiger partial charge is 0.381 e. The zero-order valence-electron chi connectivity index (χ0n) is 17.7. The van der Waals surface area contributed by atoms with Crippen molar-refractivity contribution in [2.45, 2.75) is 57.9 Å². The highest BCUT2D eigenvalue weighted by molar-refractivity contribution is 5.83. The van der Waals surface area contributed by atoms with E-state index in [-0.39, 0.29) is 11.8 Å². The third-order valence-corrected chi connectivity index (χ3v) is 6.71. The Morgan fingerprint density at radius 2 is 1.83 bits per heavy atom. The monoisotopic (exact) mass is 395 g/mol. The number of amides is 1. The van der Waals surface area contributed by atoms with Gasteiger partial charge in [-0.05, 0) is 51.0 Å². The van der Waals surface area contributed by atoms with E-state index in [4.69, 9.17) is 9.72 Å². The summed E-state index contributed by atoms with van der Waals surface area (Å²) in [7, 11) is 0. The normalized spacial score (nSPS) is 20.0. The van der Waals surface area contributed by atoms with Gasteiger partial charge in [-0.1, -0.05) is 30.3 Å². The molecule has 2 fully saturated rings. The molecule has 5 nitrogen and oxygen atoms in total. The van der Waals surface area contributed by atoms with Crippen LogP contribution in [-0.2, 0) is 16.1 Å². The van der Waals surface area contributed by atoms with Crippen molar-refractivity contribution in [3.8, 4) is 0 Å². The van der Waals surface area contributed by atoms with Crippen LogP contribution in [0.25, 0.3) is 0 Å². The van der Waals surface area contributed by atoms with Gasteiger partial charge in [0.05, 0.1) is 5.92 Å². The number of carbonyl (C=O) groups excluding carboxylic acids is 1. The molecule has 5 heteroatoms. The lowest BCUT2D eigenvalue weighted by molar-refractivity contribution is -0.133. The molecule has 0 aliphatic carbocycles. The van der Waals surface area contributed by atoms with Crippen LogP contribution in [-0.4, -0.2) is 46.7 Å². The lowest BCUT2D eigenvalue weighted by Gasteiger charge is -2.34. The standard InChI is InChI=1S/C24H33N3O2/c1-18-16-25-23(22-10-14-29-15-11-22)27(18)17-20-8-12-26(13-9-20)24(28)19(2)21-6-4-3-5-7-21/h3-7,16,19-20,22H,8-15,17H2,1-2H3. The summed E-state index contributed by atoms with van der Waals surface area (Å²) < 4.78 is 7.96. The van der Waals surface area contributed by atoms with Crippen molar-refractivity contribution in [1.82, 2.24) is 14.5 Å². The number of likely N-dealkylation sites (tertiary alicyclic amines) is 1. The maximum Gasteiger partial charge on any atom is 0.229 e. The third-order valence-electron chi connectivity index (χ3n) is 6.71. The van der Waals surface area contributed by atoms with Crippen LogP contribution in [0.3, 0.4) is 0 Å². The number of carbonyl (C=O) groups is 1. The Hall–Kier alpha value is -2.14. The van der Waals surface area contributed by atoms with E-state index in [1.807, 2.05) is 31.3 Å². The number of aryl methyl sites for hydroxylation is 1. The zero-order valence-corrected chi connectivity index (χ0v) is 17.7. The average molecular weight is 396 g/mol. The molecule has 0 spiro atoms. The quantitative estimate of drug-likeness (QED) is 0.765. The summed E-state index contributed by atoms with van der Waals surface area (Å²) in [6.07, 6.45) is 6.29. The second kappa shape index (κ2) is 9.12. The molecule has 3 heterocycles. The predicted molar refractivity (Wildman–Crippen MR) is 114 cm³/mol. The van der Waals surface area contributed by atoms with Gasteiger partial charge in [-0.25, -0.2) is 4.98 Å².